The molecule has 0 aliphatic carbocycles. The summed E-state index contributed by atoms with van der Waals surface area (Å²) in [5.41, 5.74) is 2.66. The van der Waals surface area contributed by atoms with E-state index in [9.17, 15) is 4.79 Å². The number of amides is 1. The van der Waals surface area contributed by atoms with Gasteiger partial charge in [-0.05, 0) is 29.7 Å². The van der Waals surface area contributed by atoms with Crippen molar-refractivity contribution in [3.05, 3.63) is 65.2 Å². The number of hydrogen-bond donors (Lipinski definition) is 1. The molecule has 1 heterocycles. The maximum absolute atomic E-state index is 12.4. The molecule has 0 radical (unpaired) electrons. The number of nitriles is 1. The maximum Gasteiger partial charge on any atom is 0.227 e. The predicted octanol–water partition coefficient (Wildman–Crippen LogP) is 2.50. The number of nitrogens with zero attached hydrogens (tertiary/aromatic N) is 2. The third-order valence-corrected chi connectivity index (χ3v) is 4.72. The molecule has 5 heteroatoms. The van der Waals surface area contributed by atoms with Crippen molar-refractivity contribution in [3.63, 3.8) is 0 Å². The fourth-order valence-corrected chi connectivity index (χ4v) is 3.24. The van der Waals surface area contributed by atoms with Crippen LogP contribution in [0.3, 0.4) is 0 Å². The number of likely N-dealkylation sites (tertiary alicyclic amines) is 1. The molecule has 1 fully saturated rings. The lowest BCUT2D eigenvalue weighted by atomic mass is 10.1. The van der Waals surface area contributed by atoms with Gasteiger partial charge in [-0.15, -0.1) is 0 Å². The van der Waals surface area contributed by atoms with Crippen LogP contribution in [0.4, 0.5) is 0 Å². The van der Waals surface area contributed by atoms with Gasteiger partial charge in [0.1, 0.15) is 11.8 Å². The normalized spacial score (nSPS) is 16.3. The van der Waals surface area contributed by atoms with Gasteiger partial charge in [0.2, 0.25) is 5.91 Å². The minimum atomic E-state index is 0.181. The van der Waals surface area contributed by atoms with Crippen molar-refractivity contribution in [2.24, 2.45) is 0 Å². The van der Waals surface area contributed by atoms with Crippen LogP contribution in [0, 0.1) is 11.3 Å². The van der Waals surface area contributed by atoms with Crippen molar-refractivity contribution in [3.8, 4) is 11.8 Å². The highest BCUT2D eigenvalue weighted by molar-refractivity contribution is 5.79. The van der Waals surface area contributed by atoms with Crippen molar-refractivity contribution >= 4 is 5.91 Å². The summed E-state index contributed by atoms with van der Waals surface area (Å²) in [5.74, 6) is 0.776. The number of benzene rings is 2. The molecule has 1 N–H and O–H groups in total. The topological polar surface area (TPSA) is 65.4 Å². The molecular weight excluding hydrogens is 326 g/mol. The lowest BCUT2D eigenvalue weighted by Crippen LogP contribution is -2.35. The summed E-state index contributed by atoms with van der Waals surface area (Å²) in [5, 5.41) is 12.5. The average molecular weight is 349 g/mol. The van der Waals surface area contributed by atoms with Gasteiger partial charge in [0.25, 0.3) is 0 Å². The SMILES string of the molecule is COc1cc(CNC2CCN(C(=O)Cc3ccccc3)C2)ccc1C#N. The molecule has 1 amide bonds. The van der Waals surface area contributed by atoms with E-state index >= 15 is 0 Å². The van der Waals surface area contributed by atoms with Crippen molar-refractivity contribution < 1.29 is 9.53 Å². The lowest BCUT2D eigenvalue weighted by Gasteiger charge is -2.17. The Hall–Kier alpha value is -2.84. The van der Waals surface area contributed by atoms with Crippen LogP contribution < -0.4 is 10.1 Å². The summed E-state index contributed by atoms with van der Waals surface area (Å²) in [6.07, 6.45) is 1.41. The molecule has 1 atom stereocenters. The first kappa shape index (κ1) is 18.0. The highest BCUT2D eigenvalue weighted by Crippen LogP contribution is 2.20. The van der Waals surface area contributed by atoms with Crippen molar-refractivity contribution in [1.29, 1.82) is 5.26 Å². The number of nitrogens with one attached hydrogen (secondary N) is 1. The first-order chi connectivity index (χ1) is 12.7. The van der Waals surface area contributed by atoms with Crippen LogP contribution in [0.2, 0.25) is 0 Å². The van der Waals surface area contributed by atoms with Crippen LogP contribution in [0.15, 0.2) is 48.5 Å². The van der Waals surface area contributed by atoms with Gasteiger partial charge in [0.05, 0.1) is 19.1 Å². The monoisotopic (exact) mass is 349 g/mol. The number of ether oxygens (including phenoxy) is 1. The molecule has 0 aromatic heterocycles. The molecule has 0 bridgehead atoms. The highest BCUT2D eigenvalue weighted by atomic mass is 16.5. The summed E-state index contributed by atoms with van der Waals surface area (Å²) in [4.78, 5) is 14.4. The quantitative estimate of drug-likeness (QED) is 0.870. The predicted molar refractivity (Wildman–Crippen MR) is 99.7 cm³/mol. The van der Waals surface area contributed by atoms with Crippen molar-refractivity contribution in [2.45, 2.75) is 25.4 Å². The van der Waals surface area contributed by atoms with E-state index in [4.69, 9.17) is 10.00 Å². The second-order valence-electron chi connectivity index (χ2n) is 6.52. The number of carbonyl (C=O) groups is 1. The molecule has 1 saturated heterocycles. The molecular formula is C21H23N3O2. The zero-order valence-electron chi connectivity index (χ0n) is 14.9. The molecule has 1 aliphatic heterocycles. The third kappa shape index (κ3) is 4.41. The number of carbonyl (C=O) groups excluding carboxylic acids is 1. The number of rotatable bonds is 6. The molecule has 1 unspecified atom stereocenters. The Morgan fingerprint density at radius 3 is 2.81 bits per heavy atom. The average Bonchev–Trinajstić information content (AvgIpc) is 3.16. The van der Waals surface area contributed by atoms with Crippen LogP contribution in [-0.4, -0.2) is 37.0 Å². The molecule has 5 nitrogen and oxygen atoms in total. The molecule has 0 spiro atoms. The Bertz CT molecular complexity index is 799. The molecule has 2 aromatic carbocycles. The summed E-state index contributed by atoms with van der Waals surface area (Å²) in [6, 6.07) is 17.9. The van der Waals surface area contributed by atoms with Gasteiger partial charge in [-0.25, -0.2) is 0 Å². The van der Waals surface area contributed by atoms with E-state index < -0.39 is 0 Å². The van der Waals surface area contributed by atoms with Gasteiger partial charge in [0, 0.05) is 25.7 Å². The maximum atomic E-state index is 12.4. The van der Waals surface area contributed by atoms with Gasteiger partial charge in [-0.2, -0.15) is 5.26 Å². The van der Waals surface area contributed by atoms with Gasteiger partial charge in [-0.3, -0.25) is 4.79 Å². The van der Waals surface area contributed by atoms with Gasteiger partial charge in [0.15, 0.2) is 0 Å². The van der Waals surface area contributed by atoms with E-state index in [1.165, 1.54) is 0 Å². The van der Waals surface area contributed by atoms with Gasteiger partial charge < -0.3 is 15.0 Å². The highest BCUT2D eigenvalue weighted by Gasteiger charge is 2.25. The fraction of sp³-hybridized carbons (Fsp3) is 0.333. The van der Waals surface area contributed by atoms with E-state index in [2.05, 4.69) is 11.4 Å². The smallest absolute Gasteiger partial charge is 0.227 e. The largest absolute Gasteiger partial charge is 0.495 e. The van der Waals surface area contributed by atoms with Gasteiger partial charge in [-0.1, -0.05) is 36.4 Å². The zero-order chi connectivity index (χ0) is 18.4. The lowest BCUT2D eigenvalue weighted by molar-refractivity contribution is -0.129. The van der Waals surface area contributed by atoms with Crippen molar-refractivity contribution in [1.82, 2.24) is 10.2 Å². The zero-order valence-corrected chi connectivity index (χ0v) is 14.9. The summed E-state index contributed by atoms with van der Waals surface area (Å²) in [6.45, 7) is 2.21. The molecule has 1 aliphatic rings. The molecule has 26 heavy (non-hydrogen) atoms. The Morgan fingerprint density at radius 2 is 2.08 bits per heavy atom. The Labute approximate surface area is 154 Å². The summed E-state index contributed by atoms with van der Waals surface area (Å²) >= 11 is 0. The van der Waals surface area contributed by atoms with E-state index in [1.54, 1.807) is 13.2 Å². The second-order valence-corrected chi connectivity index (χ2v) is 6.52. The first-order valence-corrected chi connectivity index (χ1v) is 8.81. The van der Waals surface area contributed by atoms with Crippen LogP contribution in [0.5, 0.6) is 5.75 Å². The van der Waals surface area contributed by atoms with Crippen LogP contribution >= 0.6 is 0 Å². The van der Waals surface area contributed by atoms with E-state index in [0.29, 0.717) is 24.3 Å². The minimum absolute atomic E-state index is 0.181. The molecule has 134 valence electrons. The van der Waals surface area contributed by atoms with Crippen molar-refractivity contribution in [2.75, 3.05) is 20.2 Å². The van der Waals surface area contributed by atoms with E-state index in [0.717, 1.165) is 30.6 Å². The first-order valence-electron chi connectivity index (χ1n) is 8.81. The fourth-order valence-electron chi connectivity index (χ4n) is 3.24. The molecule has 3 rings (SSSR count). The Morgan fingerprint density at radius 1 is 1.27 bits per heavy atom. The van der Waals surface area contributed by atoms with Crippen LogP contribution in [-0.2, 0) is 17.8 Å². The molecule has 0 saturated carbocycles. The Balaban J connectivity index is 1.50. The standard InChI is InChI=1S/C21H23N3O2/c1-26-20-11-17(7-8-18(20)13-22)14-23-19-9-10-24(15-19)21(25)12-16-5-3-2-4-6-16/h2-8,11,19,23H,9-10,12,14-15H2,1H3. The summed E-state index contributed by atoms with van der Waals surface area (Å²) in [7, 11) is 1.57. The second kappa shape index (κ2) is 8.50. The Kier molecular flexibility index (Phi) is 5.88. The molecule has 2 aromatic rings. The van der Waals surface area contributed by atoms with Crippen LogP contribution in [0.25, 0.3) is 0 Å². The third-order valence-electron chi connectivity index (χ3n) is 4.72. The van der Waals surface area contributed by atoms with E-state index in [1.807, 2.05) is 47.4 Å². The van der Waals surface area contributed by atoms with E-state index in [-0.39, 0.29) is 11.9 Å². The number of hydrogen-bond acceptors (Lipinski definition) is 4. The summed E-state index contributed by atoms with van der Waals surface area (Å²) < 4.78 is 5.25. The van der Waals surface area contributed by atoms with Crippen LogP contribution in [0.1, 0.15) is 23.1 Å². The van der Waals surface area contributed by atoms with Gasteiger partial charge >= 0.3 is 0 Å². The number of methoxy groups -OCH3 is 1. The minimum Gasteiger partial charge on any atom is -0.495 e.